The molecule has 1 saturated heterocycles. The molecule has 26 N–H and O–H groups in total. The van der Waals surface area contributed by atoms with E-state index >= 15 is 0 Å². The predicted molar refractivity (Wildman–Crippen MR) is 402 cm³/mol. The molecule has 1 aliphatic heterocycles. The Balaban J connectivity index is 2.52. The van der Waals surface area contributed by atoms with Crippen molar-refractivity contribution in [2.24, 2.45) is 46.6 Å². The molecule has 1 fully saturated rings. The number of likely N-dealkylation sites (tertiary alicyclic amines) is 1. The van der Waals surface area contributed by atoms with Gasteiger partial charge in [0.2, 0.25) is 88.6 Å². The van der Waals surface area contributed by atoms with Gasteiger partial charge in [-0.3, -0.25) is 91.1 Å². The number of nitrogens with two attached hydrogens (primary N) is 4. The number of unbranched alkanes of at least 4 members (excludes halogenated alkanes) is 1. The van der Waals surface area contributed by atoms with Crippen LogP contribution in [0.4, 0.5) is 0 Å². The summed E-state index contributed by atoms with van der Waals surface area (Å²) in [7, 11) is 0. The smallest absolute Gasteiger partial charge is 0.325 e. The minimum atomic E-state index is -2.01. The van der Waals surface area contributed by atoms with Crippen LogP contribution in [0.2, 0.25) is 0 Å². The Morgan fingerprint density at radius 2 is 0.895 bits per heavy atom. The molecule has 15 amide bonds. The maximum absolute atomic E-state index is 14.7. The number of carbonyl (C=O) groups is 19. The van der Waals surface area contributed by atoms with E-state index in [1.54, 1.807) is 41.5 Å². The third-order valence-electron chi connectivity index (χ3n) is 18.5. The van der Waals surface area contributed by atoms with Crippen molar-refractivity contribution in [3.05, 3.63) is 18.2 Å². The van der Waals surface area contributed by atoms with Crippen LogP contribution in [0.3, 0.4) is 0 Å². The van der Waals surface area contributed by atoms with E-state index in [1.807, 2.05) is 0 Å². The third kappa shape index (κ3) is 35.4. The predicted octanol–water partition coefficient (Wildman–Crippen LogP) is -5.77. The number of hydrogen-bond donors (Lipinski definition) is 22. The molecule has 640 valence electrons. The van der Waals surface area contributed by atoms with Crippen molar-refractivity contribution in [2.75, 3.05) is 13.1 Å². The van der Waals surface area contributed by atoms with Crippen molar-refractivity contribution in [1.29, 1.82) is 0 Å². The molecule has 1 aromatic rings. The quantitative estimate of drug-likeness (QED) is 0.0270. The summed E-state index contributed by atoms with van der Waals surface area (Å²) in [6.45, 7) is 15.4. The number of imidazole rings is 1. The van der Waals surface area contributed by atoms with Gasteiger partial charge in [0.1, 0.15) is 78.5 Å². The lowest BCUT2D eigenvalue weighted by Crippen LogP contribution is -2.62. The fourth-order valence-electron chi connectivity index (χ4n) is 11.8. The van der Waals surface area contributed by atoms with Crippen LogP contribution < -0.4 is 86.7 Å². The van der Waals surface area contributed by atoms with Gasteiger partial charge in [-0.1, -0.05) is 61.8 Å². The van der Waals surface area contributed by atoms with E-state index in [1.165, 1.54) is 33.3 Å². The largest absolute Gasteiger partial charge is 0.481 e. The number of nitrogens with one attached hydrogen (secondary N) is 13. The van der Waals surface area contributed by atoms with Crippen LogP contribution >= 0.6 is 0 Å². The Morgan fingerprint density at radius 3 is 1.32 bits per heavy atom. The number of primary amides is 2. The van der Waals surface area contributed by atoms with Crippen LogP contribution in [0.15, 0.2) is 12.5 Å². The average molecular weight is 1620 g/mol. The van der Waals surface area contributed by atoms with Crippen LogP contribution in [0.5, 0.6) is 0 Å². The number of aliphatic hydroxyl groups is 1. The summed E-state index contributed by atoms with van der Waals surface area (Å²) in [5.74, 6) is -23.5. The SMILES string of the molecule is CC[C@H](C)[C@H](N)C(=O)N[C@@H](CCC(=O)O)C(=O)N[C@@H](Cc1cnc[nH]1)C(=O)N[C@@H](CC(C)C)C(=O)N[C@@H](CCCCN)C(=O)N[C@H](C(=O)N1CCC[C@H]1C(=O)N[C@@H](CCC(=O)O)C(=O)N[C@@H](CCC(N)=O)C(=O)N[C@@H](CC(N)=O)C(=O)N[C@H](C(=O)N[C@@H](CCC(=O)O)C(=O)N[C@@H](CC(C)C)C(=O)N[C@@H](C)C(=O)O)C(C)C)[C@@H](C)O. The summed E-state index contributed by atoms with van der Waals surface area (Å²) in [5.41, 5.74) is 23.2. The van der Waals surface area contributed by atoms with E-state index in [-0.39, 0.29) is 75.8 Å². The van der Waals surface area contributed by atoms with E-state index in [4.69, 9.17) is 22.9 Å². The minimum absolute atomic E-state index is 0.0444. The molecule has 2 heterocycles. The van der Waals surface area contributed by atoms with Gasteiger partial charge in [0.15, 0.2) is 0 Å². The number of aromatic amines is 1. The van der Waals surface area contributed by atoms with Gasteiger partial charge in [0, 0.05) is 50.5 Å². The molecule has 2 rings (SSSR count). The van der Waals surface area contributed by atoms with E-state index in [0.29, 0.717) is 18.5 Å². The molecule has 0 aliphatic carbocycles. The highest BCUT2D eigenvalue weighted by Gasteiger charge is 2.43. The minimum Gasteiger partial charge on any atom is -0.481 e. The molecule has 0 aromatic carbocycles. The zero-order valence-corrected chi connectivity index (χ0v) is 66.0. The molecule has 1 aliphatic rings. The van der Waals surface area contributed by atoms with Gasteiger partial charge in [-0.05, 0) is 115 Å². The molecule has 43 nitrogen and oxygen atoms in total. The van der Waals surface area contributed by atoms with Crippen LogP contribution in [-0.2, 0) is 97.5 Å². The second-order valence-electron chi connectivity index (χ2n) is 29.5. The maximum Gasteiger partial charge on any atom is 0.325 e. The number of hydrogen-bond acceptors (Lipinski definition) is 23. The van der Waals surface area contributed by atoms with Crippen molar-refractivity contribution < 1.29 is 117 Å². The topological polar surface area (TPSA) is 706 Å². The molecule has 0 radical (unpaired) electrons. The molecule has 1 aromatic heterocycles. The number of rotatable bonds is 54. The lowest BCUT2D eigenvalue weighted by Gasteiger charge is -2.32. The number of nitrogens with zero attached hydrogens (tertiary/aromatic N) is 2. The zero-order valence-electron chi connectivity index (χ0n) is 66.0. The van der Waals surface area contributed by atoms with Crippen LogP contribution in [0.25, 0.3) is 0 Å². The van der Waals surface area contributed by atoms with Crippen LogP contribution in [0, 0.1) is 23.7 Å². The van der Waals surface area contributed by atoms with Crippen molar-refractivity contribution in [3.63, 3.8) is 0 Å². The molecule has 43 heteroatoms. The number of amides is 15. The number of carbonyl (C=O) groups excluding carboxylic acids is 15. The van der Waals surface area contributed by atoms with E-state index in [0.717, 1.165) is 11.8 Å². The average Bonchev–Trinajstić information content (AvgIpc) is 1.61. The van der Waals surface area contributed by atoms with Crippen molar-refractivity contribution in [1.82, 2.24) is 78.7 Å². The molecule has 114 heavy (non-hydrogen) atoms. The highest BCUT2D eigenvalue weighted by atomic mass is 16.4. The first-order valence-electron chi connectivity index (χ1n) is 37.8. The Hall–Kier alpha value is -11.0. The van der Waals surface area contributed by atoms with E-state index in [9.17, 15) is 117 Å². The Labute approximate surface area is 658 Å². The molecule has 0 saturated carbocycles. The summed E-state index contributed by atoms with van der Waals surface area (Å²) in [4.78, 5) is 263. The number of carboxylic acids is 4. The normalized spacial score (nSPS) is 16.6. The van der Waals surface area contributed by atoms with Crippen molar-refractivity contribution in [3.8, 4) is 0 Å². The van der Waals surface area contributed by atoms with Gasteiger partial charge in [0.25, 0.3) is 0 Å². The molecule has 0 bridgehead atoms. The molecule has 0 unspecified atom stereocenters. The summed E-state index contributed by atoms with van der Waals surface area (Å²) in [6, 6.07) is -22.4. The summed E-state index contributed by atoms with van der Waals surface area (Å²) >= 11 is 0. The van der Waals surface area contributed by atoms with Gasteiger partial charge < -0.3 is 122 Å². The number of carboxylic acid groups (broad SMARTS) is 4. The highest BCUT2D eigenvalue weighted by Crippen LogP contribution is 2.22. The standard InChI is InChI=1S/C71H117N19O24/c1-11-36(8)55(75)68(110)82-43(19-23-53(96)97)60(102)86-47(29-39-31-76-32-77-39)65(107)85-46(28-34(4)5)64(106)79-40(15-12-13-25-72)62(104)89-57(38(10)91)70(112)90-26-14-16-49(90)67(109)81-42(18-22-52(94)95)58(100)80-41(17-21-50(73)92)59(101)87-48(30-51(74)93)66(108)88-56(35(6)7)69(111)83-44(20-24-54(98)99)61(103)84-45(27-33(2)3)63(105)78-37(9)71(113)114/h31-38,40-49,55-57,91H,11-30,72,75H2,1-10H3,(H2,73,92)(H2,74,93)(H,76,77)(H,78,105)(H,79,106)(H,80,100)(H,81,109)(H,82,110)(H,83,111)(H,84,103)(H,85,107)(H,86,102)(H,87,101)(H,88,108)(H,89,104)(H,94,95)(H,96,97)(H,98,99)(H,113,114)/t36-,37-,38+,40-,41-,42-,43-,44-,45-,46-,47-,48-,49-,55-,56-,57-/m0/s1. The highest BCUT2D eigenvalue weighted by molar-refractivity contribution is 6.01. The number of aliphatic hydroxyl groups excluding tert-OH is 1. The van der Waals surface area contributed by atoms with Crippen LogP contribution in [-0.4, -0.2) is 257 Å². The number of aromatic nitrogens is 2. The van der Waals surface area contributed by atoms with Crippen molar-refractivity contribution in [2.45, 2.75) is 276 Å². The Kier molecular flexibility index (Phi) is 43.0. The fraction of sp³-hybridized carbons (Fsp3) is 0.690. The monoisotopic (exact) mass is 1620 g/mol. The second-order valence-corrected chi connectivity index (χ2v) is 29.5. The lowest BCUT2D eigenvalue weighted by atomic mass is 9.98. The lowest BCUT2D eigenvalue weighted by molar-refractivity contribution is -0.145. The van der Waals surface area contributed by atoms with E-state index < -0.39 is 267 Å². The zero-order chi connectivity index (χ0) is 86.5. The van der Waals surface area contributed by atoms with Crippen molar-refractivity contribution >= 4 is 112 Å². The first-order valence-corrected chi connectivity index (χ1v) is 37.8. The molecule has 16 atom stereocenters. The first-order chi connectivity index (χ1) is 53.3. The van der Waals surface area contributed by atoms with Gasteiger partial charge in [-0.2, -0.15) is 0 Å². The number of aliphatic carboxylic acids is 4. The Morgan fingerprint density at radius 1 is 0.491 bits per heavy atom. The Bertz CT molecular complexity index is 3500. The second kappa shape index (κ2) is 49.5. The van der Waals surface area contributed by atoms with Gasteiger partial charge in [0.05, 0.1) is 24.9 Å². The van der Waals surface area contributed by atoms with E-state index in [2.05, 4.69) is 73.8 Å². The molecular formula is C71H117N19O24. The summed E-state index contributed by atoms with van der Waals surface area (Å²) < 4.78 is 0. The van der Waals surface area contributed by atoms with Gasteiger partial charge in [-0.25, -0.2) is 4.98 Å². The van der Waals surface area contributed by atoms with Crippen LogP contribution in [0.1, 0.15) is 184 Å². The first kappa shape index (κ1) is 99.1. The fourth-order valence-corrected chi connectivity index (χ4v) is 11.8. The maximum atomic E-state index is 14.7. The summed E-state index contributed by atoms with van der Waals surface area (Å²) in [6.07, 6.45) is -4.79. The molecule has 0 spiro atoms. The number of H-pyrrole nitrogens is 1. The molecular weight excluding hydrogens is 1500 g/mol. The van der Waals surface area contributed by atoms with Gasteiger partial charge >= 0.3 is 23.9 Å². The summed E-state index contributed by atoms with van der Waals surface area (Å²) in [5, 5.41) is 78.4. The van der Waals surface area contributed by atoms with Gasteiger partial charge in [-0.15, -0.1) is 0 Å². The third-order valence-corrected chi connectivity index (χ3v) is 18.5.